The molecule has 1 aliphatic rings. The highest BCUT2D eigenvalue weighted by atomic mass is 19.1. The van der Waals surface area contributed by atoms with Crippen LogP contribution in [0.5, 0.6) is 0 Å². The van der Waals surface area contributed by atoms with E-state index in [1.807, 2.05) is 11.0 Å². The Morgan fingerprint density at radius 1 is 1.53 bits per heavy atom. The van der Waals surface area contributed by atoms with Crippen molar-refractivity contribution in [1.82, 2.24) is 4.90 Å². The number of halogens is 1. The summed E-state index contributed by atoms with van der Waals surface area (Å²) in [4.78, 5) is 13.3. The van der Waals surface area contributed by atoms with Crippen LogP contribution in [0.25, 0.3) is 0 Å². The van der Waals surface area contributed by atoms with Gasteiger partial charge in [-0.3, -0.25) is 9.69 Å². The van der Waals surface area contributed by atoms with Gasteiger partial charge in [0, 0.05) is 12.1 Å². The molecular formula is C14H16FN3O. The van der Waals surface area contributed by atoms with Crippen molar-refractivity contribution in [2.24, 2.45) is 5.73 Å². The number of piperidine rings is 1. The van der Waals surface area contributed by atoms with E-state index in [0.717, 1.165) is 25.8 Å². The van der Waals surface area contributed by atoms with E-state index in [0.29, 0.717) is 17.7 Å². The number of hydrogen-bond donors (Lipinski definition) is 1. The van der Waals surface area contributed by atoms with Crippen LogP contribution in [0.4, 0.5) is 4.39 Å². The van der Waals surface area contributed by atoms with E-state index < -0.39 is 0 Å². The van der Waals surface area contributed by atoms with E-state index in [4.69, 9.17) is 11.0 Å². The lowest BCUT2D eigenvalue weighted by Crippen LogP contribution is -2.47. The van der Waals surface area contributed by atoms with Crippen LogP contribution in [-0.4, -0.2) is 23.4 Å². The van der Waals surface area contributed by atoms with Gasteiger partial charge in [-0.1, -0.05) is 6.42 Å². The topological polar surface area (TPSA) is 70.1 Å². The average Bonchev–Trinajstić information content (AvgIpc) is 2.41. The summed E-state index contributed by atoms with van der Waals surface area (Å²) >= 11 is 0. The van der Waals surface area contributed by atoms with E-state index in [-0.39, 0.29) is 17.8 Å². The smallest absolute Gasteiger partial charge is 0.234 e. The fourth-order valence-electron chi connectivity index (χ4n) is 2.49. The number of amides is 1. The molecule has 1 atom stereocenters. The number of primary amides is 1. The van der Waals surface area contributed by atoms with Gasteiger partial charge in [-0.25, -0.2) is 4.39 Å². The summed E-state index contributed by atoms with van der Waals surface area (Å²) in [6.07, 6.45) is 2.66. The molecule has 0 radical (unpaired) electrons. The number of hydrogen-bond acceptors (Lipinski definition) is 3. The molecule has 2 N–H and O–H groups in total. The Kier molecular flexibility index (Phi) is 4.13. The molecule has 5 heteroatoms. The van der Waals surface area contributed by atoms with E-state index in [9.17, 15) is 9.18 Å². The molecule has 1 aromatic carbocycles. The number of nitriles is 1. The van der Waals surface area contributed by atoms with Crippen LogP contribution in [0.1, 0.15) is 30.4 Å². The van der Waals surface area contributed by atoms with Gasteiger partial charge in [0.15, 0.2) is 0 Å². The van der Waals surface area contributed by atoms with E-state index >= 15 is 0 Å². The summed E-state index contributed by atoms with van der Waals surface area (Å²) in [6.45, 7) is 1.04. The van der Waals surface area contributed by atoms with Gasteiger partial charge >= 0.3 is 0 Å². The van der Waals surface area contributed by atoms with Crippen molar-refractivity contribution in [3.63, 3.8) is 0 Å². The van der Waals surface area contributed by atoms with Crippen LogP contribution in [0.15, 0.2) is 18.2 Å². The fourth-order valence-corrected chi connectivity index (χ4v) is 2.49. The maximum atomic E-state index is 13.7. The maximum Gasteiger partial charge on any atom is 0.234 e. The third-order valence-electron chi connectivity index (χ3n) is 3.49. The van der Waals surface area contributed by atoms with Crippen LogP contribution in [0, 0.1) is 17.1 Å². The summed E-state index contributed by atoms with van der Waals surface area (Å²) in [6, 6.07) is 5.92. The highest BCUT2D eigenvalue weighted by Gasteiger charge is 2.27. The van der Waals surface area contributed by atoms with Crippen molar-refractivity contribution < 1.29 is 9.18 Å². The minimum absolute atomic E-state index is 0.314. The first-order chi connectivity index (χ1) is 9.11. The first-order valence-electron chi connectivity index (χ1n) is 6.33. The second-order valence-electron chi connectivity index (χ2n) is 4.80. The van der Waals surface area contributed by atoms with Gasteiger partial charge in [0.1, 0.15) is 5.82 Å². The molecular weight excluding hydrogens is 245 g/mol. The summed E-state index contributed by atoms with van der Waals surface area (Å²) < 4.78 is 13.7. The van der Waals surface area contributed by atoms with Gasteiger partial charge in [-0.2, -0.15) is 5.26 Å². The Morgan fingerprint density at radius 3 is 3.00 bits per heavy atom. The standard InChI is InChI=1S/C14H16FN3O/c15-12-5-4-10(8-16)7-11(12)9-18-6-2-1-3-13(18)14(17)19/h4-5,7,13H,1-3,6,9H2,(H2,17,19)/t13-/m1/s1. The third kappa shape index (κ3) is 3.09. The zero-order valence-corrected chi connectivity index (χ0v) is 10.6. The zero-order valence-electron chi connectivity index (χ0n) is 10.6. The van der Waals surface area contributed by atoms with Gasteiger partial charge in [0.2, 0.25) is 5.91 Å². The molecule has 1 aromatic rings. The second-order valence-corrected chi connectivity index (χ2v) is 4.80. The molecule has 2 rings (SSSR count). The third-order valence-corrected chi connectivity index (χ3v) is 3.49. The molecule has 100 valence electrons. The summed E-state index contributed by atoms with van der Waals surface area (Å²) in [5, 5.41) is 8.84. The molecule has 1 aliphatic heterocycles. The quantitative estimate of drug-likeness (QED) is 0.897. The Morgan fingerprint density at radius 2 is 2.32 bits per heavy atom. The van der Waals surface area contributed by atoms with Gasteiger partial charge in [0.05, 0.1) is 17.7 Å². The van der Waals surface area contributed by atoms with Crippen LogP contribution in [-0.2, 0) is 11.3 Å². The molecule has 1 saturated heterocycles. The first-order valence-corrected chi connectivity index (χ1v) is 6.33. The molecule has 1 amide bonds. The van der Waals surface area contributed by atoms with Gasteiger partial charge in [0.25, 0.3) is 0 Å². The Bertz CT molecular complexity index is 524. The lowest BCUT2D eigenvalue weighted by atomic mass is 10.00. The predicted octanol–water partition coefficient (Wildman–Crippen LogP) is 1.54. The van der Waals surface area contributed by atoms with Crippen LogP contribution >= 0.6 is 0 Å². The van der Waals surface area contributed by atoms with Gasteiger partial charge < -0.3 is 5.73 Å². The minimum Gasteiger partial charge on any atom is -0.368 e. The molecule has 0 saturated carbocycles. The number of likely N-dealkylation sites (tertiary alicyclic amines) is 1. The fraction of sp³-hybridized carbons (Fsp3) is 0.429. The van der Waals surface area contributed by atoms with Crippen molar-refractivity contribution in [2.45, 2.75) is 31.8 Å². The first kappa shape index (κ1) is 13.5. The highest BCUT2D eigenvalue weighted by molar-refractivity contribution is 5.79. The zero-order chi connectivity index (χ0) is 13.8. The number of carbonyl (C=O) groups excluding carboxylic acids is 1. The molecule has 0 aliphatic carbocycles. The van der Waals surface area contributed by atoms with Crippen LogP contribution < -0.4 is 5.73 Å². The lowest BCUT2D eigenvalue weighted by molar-refractivity contribution is -0.124. The van der Waals surface area contributed by atoms with Crippen molar-refractivity contribution in [3.8, 4) is 6.07 Å². The summed E-state index contributed by atoms with van der Waals surface area (Å²) in [7, 11) is 0. The van der Waals surface area contributed by atoms with Gasteiger partial charge in [-0.15, -0.1) is 0 Å². The second kappa shape index (κ2) is 5.81. The Balaban J connectivity index is 2.19. The van der Waals surface area contributed by atoms with Crippen molar-refractivity contribution in [2.75, 3.05) is 6.54 Å². The van der Waals surface area contributed by atoms with E-state index in [1.165, 1.54) is 18.2 Å². The van der Waals surface area contributed by atoms with Gasteiger partial charge in [-0.05, 0) is 37.6 Å². The highest BCUT2D eigenvalue weighted by Crippen LogP contribution is 2.21. The van der Waals surface area contributed by atoms with Crippen molar-refractivity contribution >= 4 is 5.91 Å². The maximum absolute atomic E-state index is 13.7. The van der Waals surface area contributed by atoms with Crippen molar-refractivity contribution in [1.29, 1.82) is 5.26 Å². The molecule has 4 nitrogen and oxygen atoms in total. The van der Waals surface area contributed by atoms with Crippen LogP contribution in [0.2, 0.25) is 0 Å². The van der Waals surface area contributed by atoms with Crippen molar-refractivity contribution in [3.05, 3.63) is 35.1 Å². The predicted molar refractivity (Wildman–Crippen MR) is 68.4 cm³/mol. The SMILES string of the molecule is N#Cc1ccc(F)c(CN2CCCC[C@@H]2C(N)=O)c1. The number of benzene rings is 1. The molecule has 0 spiro atoms. The minimum atomic E-state index is -0.364. The number of nitrogens with two attached hydrogens (primary N) is 1. The summed E-state index contributed by atoms with van der Waals surface area (Å²) in [5.41, 5.74) is 6.24. The molecule has 0 unspecified atom stereocenters. The normalized spacial score (nSPS) is 19.9. The molecule has 0 aromatic heterocycles. The summed E-state index contributed by atoms with van der Waals surface area (Å²) in [5.74, 6) is -0.718. The number of rotatable bonds is 3. The average molecular weight is 261 g/mol. The Hall–Kier alpha value is -1.93. The van der Waals surface area contributed by atoms with E-state index in [2.05, 4.69) is 0 Å². The monoisotopic (exact) mass is 261 g/mol. The number of nitrogens with zero attached hydrogens (tertiary/aromatic N) is 2. The Labute approximate surface area is 111 Å². The number of carbonyl (C=O) groups is 1. The molecule has 19 heavy (non-hydrogen) atoms. The lowest BCUT2D eigenvalue weighted by Gasteiger charge is -2.33. The molecule has 1 heterocycles. The largest absolute Gasteiger partial charge is 0.368 e. The van der Waals surface area contributed by atoms with E-state index in [1.54, 1.807) is 0 Å². The molecule has 1 fully saturated rings. The molecule has 0 bridgehead atoms. The van der Waals surface area contributed by atoms with Crippen LogP contribution in [0.3, 0.4) is 0 Å².